The summed E-state index contributed by atoms with van der Waals surface area (Å²) in [5, 5.41) is 6.59. The number of piperidine rings is 2. The van der Waals surface area contributed by atoms with Gasteiger partial charge in [0, 0.05) is 38.0 Å². The van der Waals surface area contributed by atoms with Gasteiger partial charge >= 0.3 is 6.09 Å². The van der Waals surface area contributed by atoms with E-state index in [1.54, 1.807) is 4.90 Å². The van der Waals surface area contributed by atoms with Crippen molar-refractivity contribution in [1.29, 1.82) is 0 Å². The monoisotopic (exact) mass is 743 g/mol. The molecule has 52 heavy (non-hydrogen) atoms. The van der Waals surface area contributed by atoms with Crippen molar-refractivity contribution in [3.05, 3.63) is 30.2 Å². The number of para-hydroxylation sites is 2. The van der Waals surface area contributed by atoms with Crippen LogP contribution >= 0.6 is 0 Å². The molecule has 14 nitrogen and oxygen atoms in total. The third-order valence-electron chi connectivity index (χ3n) is 11.3. The SMILES string of the molecule is CS(=O)(=O)N[C@H](CCC1CCNCC1)C(=O)N1C[C@H](OC(=O)N2CCCCC2)C[C@H]1C(=O)N[C@H](Cc1nc2ccccc2o1)CC1CCC(N)CC1. The van der Waals surface area contributed by atoms with Crippen LogP contribution in [-0.2, 0) is 30.8 Å². The van der Waals surface area contributed by atoms with Crippen molar-refractivity contribution >= 4 is 39.0 Å². The summed E-state index contributed by atoms with van der Waals surface area (Å²) in [6, 6.07) is 5.39. The van der Waals surface area contributed by atoms with Gasteiger partial charge in [0.2, 0.25) is 21.8 Å². The van der Waals surface area contributed by atoms with E-state index in [9.17, 15) is 22.8 Å². The summed E-state index contributed by atoms with van der Waals surface area (Å²) in [4.78, 5) is 49.8. The predicted molar refractivity (Wildman–Crippen MR) is 197 cm³/mol. The molecule has 1 aromatic carbocycles. The van der Waals surface area contributed by atoms with Crippen LogP contribution in [0, 0.1) is 11.8 Å². The van der Waals surface area contributed by atoms with Gasteiger partial charge in [-0.3, -0.25) is 9.59 Å². The molecule has 3 saturated heterocycles. The molecule has 3 amide bonds. The second-order valence-corrected chi connectivity index (χ2v) is 17.3. The Morgan fingerprint density at radius 2 is 1.77 bits per heavy atom. The molecule has 6 rings (SSSR count). The third kappa shape index (κ3) is 10.7. The van der Waals surface area contributed by atoms with Gasteiger partial charge in [-0.2, -0.15) is 0 Å². The lowest BCUT2D eigenvalue weighted by Crippen LogP contribution is -2.55. The number of carbonyl (C=O) groups is 3. The van der Waals surface area contributed by atoms with Gasteiger partial charge in [-0.1, -0.05) is 12.1 Å². The van der Waals surface area contributed by atoms with E-state index in [2.05, 4.69) is 20.3 Å². The van der Waals surface area contributed by atoms with Gasteiger partial charge < -0.3 is 35.3 Å². The number of rotatable bonds is 13. The molecule has 4 fully saturated rings. The highest BCUT2D eigenvalue weighted by molar-refractivity contribution is 7.88. The van der Waals surface area contributed by atoms with E-state index < -0.39 is 40.2 Å². The highest BCUT2D eigenvalue weighted by atomic mass is 32.2. The number of fused-ring (bicyclic) bond motifs is 1. The number of nitrogens with one attached hydrogen (secondary N) is 3. The molecule has 288 valence electrons. The fraction of sp³-hybridized carbons (Fsp3) is 0.730. The quantitative estimate of drug-likeness (QED) is 0.237. The maximum absolute atomic E-state index is 14.4. The molecule has 3 aliphatic heterocycles. The van der Waals surface area contributed by atoms with Crippen molar-refractivity contribution in [3.8, 4) is 0 Å². The molecule has 0 unspecified atom stereocenters. The first-order valence-electron chi connectivity index (χ1n) is 19.3. The fourth-order valence-corrected chi connectivity index (χ4v) is 9.20. The molecule has 1 aliphatic carbocycles. The van der Waals surface area contributed by atoms with Crippen molar-refractivity contribution in [1.82, 2.24) is 30.1 Å². The number of amides is 3. The molecular weight excluding hydrogens is 687 g/mol. The number of likely N-dealkylation sites (tertiary alicyclic amines) is 2. The number of carbonyl (C=O) groups excluding carboxylic acids is 3. The number of hydrogen-bond donors (Lipinski definition) is 4. The zero-order valence-electron chi connectivity index (χ0n) is 30.5. The Labute approximate surface area is 307 Å². The lowest BCUT2D eigenvalue weighted by molar-refractivity contribution is -0.140. The average Bonchev–Trinajstić information content (AvgIpc) is 3.75. The molecule has 4 heterocycles. The summed E-state index contributed by atoms with van der Waals surface area (Å²) in [5.41, 5.74) is 7.62. The van der Waals surface area contributed by atoms with Crippen LogP contribution < -0.4 is 21.1 Å². The van der Waals surface area contributed by atoms with Gasteiger partial charge in [-0.05, 0) is 114 Å². The Bertz CT molecular complexity index is 1580. The standard InChI is InChI=1S/C37H57N7O7S/c1-52(48,49)42-31(14-11-25-15-17-39-18-16-25)36(46)44-24-29(50-37(47)43-19-5-2-6-20-43)23-32(44)35(45)40-28(21-26-9-12-27(38)13-10-26)22-34-41-30-7-3-4-8-33(30)51-34/h3-4,7-8,25-29,31-32,39,42H,2,5-6,9-24,38H2,1H3,(H,40,45)/t26?,27?,28-,29+,31+,32-/m0/s1. The number of nitrogens with two attached hydrogens (primary N) is 1. The van der Waals surface area contributed by atoms with Crippen LogP contribution in [0.3, 0.4) is 0 Å². The van der Waals surface area contributed by atoms with Gasteiger partial charge in [-0.15, -0.1) is 0 Å². The van der Waals surface area contributed by atoms with Crippen molar-refractivity contribution in [2.45, 2.75) is 120 Å². The summed E-state index contributed by atoms with van der Waals surface area (Å²) in [6.45, 7) is 3.00. The minimum absolute atomic E-state index is 0.00208. The maximum Gasteiger partial charge on any atom is 0.410 e. The molecule has 15 heteroatoms. The third-order valence-corrected chi connectivity index (χ3v) is 12.0. The largest absolute Gasteiger partial charge is 0.444 e. The number of benzene rings is 1. The zero-order chi connectivity index (χ0) is 36.7. The average molecular weight is 744 g/mol. The second-order valence-electron chi connectivity index (χ2n) is 15.5. The van der Waals surface area contributed by atoms with E-state index in [-0.39, 0.29) is 31.0 Å². The van der Waals surface area contributed by atoms with Gasteiger partial charge in [0.15, 0.2) is 11.5 Å². The number of aromatic nitrogens is 1. The lowest BCUT2D eigenvalue weighted by Gasteiger charge is -2.32. The smallest absolute Gasteiger partial charge is 0.410 e. The second kappa shape index (κ2) is 17.7. The number of oxazole rings is 1. The highest BCUT2D eigenvalue weighted by Crippen LogP contribution is 2.30. The van der Waals surface area contributed by atoms with Crippen LogP contribution in [0.25, 0.3) is 11.1 Å². The molecular formula is C37H57N7O7S. The van der Waals surface area contributed by atoms with Crippen LogP contribution in [-0.4, -0.2) is 110 Å². The molecule has 2 aromatic rings. The first-order chi connectivity index (χ1) is 25.0. The number of hydrogen-bond acceptors (Lipinski definition) is 10. The van der Waals surface area contributed by atoms with Crippen LogP contribution in [0.4, 0.5) is 4.79 Å². The molecule has 1 saturated carbocycles. The summed E-state index contributed by atoms with van der Waals surface area (Å²) in [5.74, 6) is 0.396. The Hall–Kier alpha value is -3.27. The molecule has 0 bridgehead atoms. The molecule has 0 spiro atoms. The summed E-state index contributed by atoms with van der Waals surface area (Å²) in [6.07, 6.45) is 10.6. The van der Waals surface area contributed by atoms with E-state index in [0.29, 0.717) is 62.1 Å². The Morgan fingerprint density at radius 1 is 1.04 bits per heavy atom. The normalized spacial score (nSPS) is 25.9. The number of ether oxygens (including phenoxy) is 1. The van der Waals surface area contributed by atoms with E-state index >= 15 is 0 Å². The van der Waals surface area contributed by atoms with Crippen molar-refractivity contribution in [2.75, 3.05) is 39.0 Å². The van der Waals surface area contributed by atoms with E-state index in [1.807, 2.05) is 24.3 Å². The molecule has 4 atom stereocenters. The minimum Gasteiger partial charge on any atom is -0.444 e. The maximum atomic E-state index is 14.4. The first kappa shape index (κ1) is 38.5. The minimum atomic E-state index is -3.75. The van der Waals surface area contributed by atoms with Crippen molar-refractivity contribution in [2.24, 2.45) is 17.6 Å². The molecule has 4 aliphatic rings. The Morgan fingerprint density at radius 3 is 2.48 bits per heavy atom. The van der Waals surface area contributed by atoms with Gasteiger partial charge in [0.25, 0.3) is 0 Å². The van der Waals surface area contributed by atoms with Gasteiger partial charge in [0.05, 0.1) is 12.8 Å². The van der Waals surface area contributed by atoms with Gasteiger partial charge in [0.1, 0.15) is 23.7 Å². The van der Waals surface area contributed by atoms with Crippen LogP contribution in [0.2, 0.25) is 0 Å². The topological polar surface area (TPSA) is 189 Å². The molecule has 0 radical (unpaired) electrons. The number of sulfonamides is 1. The summed E-state index contributed by atoms with van der Waals surface area (Å²) < 4.78 is 39.7. The first-order valence-corrected chi connectivity index (χ1v) is 21.2. The van der Waals surface area contributed by atoms with Crippen molar-refractivity contribution < 1.29 is 32.0 Å². The fourth-order valence-electron chi connectivity index (χ4n) is 8.47. The van der Waals surface area contributed by atoms with Crippen LogP contribution in [0.5, 0.6) is 0 Å². The van der Waals surface area contributed by atoms with Crippen LogP contribution in [0.1, 0.15) is 89.4 Å². The van der Waals surface area contributed by atoms with E-state index in [4.69, 9.17) is 14.9 Å². The van der Waals surface area contributed by atoms with E-state index in [1.165, 1.54) is 4.90 Å². The highest BCUT2D eigenvalue weighted by Gasteiger charge is 2.45. The van der Waals surface area contributed by atoms with Crippen molar-refractivity contribution in [3.63, 3.8) is 0 Å². The van der Waals surface area contributed by atoms with E-state index in [0.717, 1.165) is 82.6 Å². The Balaban J connectivity index is 1.22. The summed E-state index contributed by atoms with van der Waals surface area (Å²) in [7, 11) is -3.75. The predicted octanol–water partition coefficient (Wildman–Crippen LogP) is 3.05. The molecule has 1 aromatic heterocycles. The zero-order valence-corrected chi connectivity index (χ0v) is 31.3. The lowest BCUT2D eigenvalue weighted by atomic mass is 9.82. The van der Waals surface area contributed by atoms with Gasteiger partial charge in [-0.25, -0.2) is 22.9 Å². The molecule has 5 N–H and O–H groups in total. The Kier molecular flexibility index (Phi) is 13.1. The van der Waals surface area contributed by atoms with Crippen LogP contribution in [0.15, 0.2) is 28.7 Å². The number of nitrogens with zero attached hydrogens (tertiary/aromatic N) is 3. The summed E-state index contributed by atoms with van der Waals surface area (Å²) >= 11 is 0.